The van der Waals surface area contributed by atoms with Gasteiger partial charge in [0.05, 0.1) is 12.5 Å². The predicted octanol–water partition coefficient (Wildman–Crippen LogP) is 2.19. The van der Waals surface area contributed by atoms with Crippen molar-refractivity contribution < 1.29 is 14.3 Å². The van der Waals surface area contributed by atoms with Crippen molar-refractivity contribution in [2.45, 2.75) is 40.5 Å². The van der Waals surface area contributed by atoms with Crippen LogP contribution in [-0.2, 0) is 14.3 Å². The Morgan fingerprint density at radius 3 is 2.14 bits per heavy atom. The molecule has 82 valence electrons. The average molecular weight is 200 g/mol. The number of Topliss-reactive ketones (excluding diaryl/α,β-unsaturated/α-hetero) is 1. The zero-order chi connectivity index (χ0) is 11.1. The highest BCUT2D eigenvalue weighted by Gasteiger charge is 2.25. The van der Waals surface area contributed by atoms with E-state index in [2.05, 4.69) is 0 Å². The van der Waals surface area contributed by atoms with Crippen LogP contribution in [0.15, 0.2) is 0 Å². The zero-order valence-electron chi connectivity index (χ0n) is 9.50. The average Bonchev–Trinajstić information content (AvgIpc) is 2.22. The van der Waals surface area contributed by atoms with Gasteiger partial charge in [-0.05, 0) is 6.42 Å². The van der Waals surface area contributed by atoms with Crippen molar-refractivity contribution in [1.29, 1.82) is 0 Å². The van der Waals surface area contributed by atoms with Gasteiger partial charge in [0.15, 0.2) is 0 Å². The van der Waals surface area contributed by atoms with E-state index < -0.39 is 0 Å². The summed E-state index contributed by atoms with van der Waals surface area (Å²) in [6.07, 6.45) is 1.29. The van der Waals surface area contributed by atoms with E-state index in [0.717, 1.165) is 6.42 Å². The predicted molar refractivity (Wildman–Crippen MR) is 54.9 cm³/mol. The fourth-order valence-corrected chi connectivity index (χ4v) is 1.14. The molecule has 0 N–H and O–H groups in total. The van der Waals surface area contributed by atoms with Gasteiger partial charge in [0.25, 0.3) is 0 Å². The van der Waals surface area contributed by atoms with Crippen LogP contribution < -0.4 is 0 Å². The molecule has 0 heterocycles. The van der Waals surface area contributed by atoms with Gasteiger partial charge in [0.2, 0.25) is 0 Å². The highest BCUT2D eigenvalue weighted by atomic mass is 16.5. The minimum atomic E-state index is -0.325. The van der Waals surface area contributed by atoms with Gasteiger partial charge < -0.3 is 4.74 Å². The smallest absolute Gasteiger partial charge is 0.309 e. The maximum absolute atomic E-state index is 11.4. The highest BCUT2D eigenvalue weighted by Crippen LogP contribution is 2.15. The third-order valence-corrected chi connectivity index (χ3v) is 2.43. The minimum absolute atomic E-state index is 0.117. The number of hydrogen-bond acceptors (Lipinski definition) is 3. The van der Waals surface area contributed by atoms with Crippen molar-refractivity contribution in [3.63, 3.8) is 0 Å². The second-order valence-electron chi connectivity index (χ2n) is 3.56. The Hall–Kier alpha value is -0.860. The number of carbonyl (C=O) groups excluding carboxylic acids is 2. The standard InChI is InChI=1S/C11H20O3/c1-5-7-14-11(13)9(4)8(3)10(12)6-2/h8-9H,5-7H2,1-4H3. The van der Waals surface area contributed by atoms with Crippen LogP contribution in [-0.4, -0.2) is 18.4 Å². The summed E-state index contributed by atoms with van der Waals surface area (Å²) in [6.45, 7) is 7.72. The largest absolute Gasteiger partial charge is 0.465 e. The molecule has 0 bridgehead atoms. The van der Waals surface area contributed by atoms with Crippen LogP contribution in [0.3, 0.4) is 0 Å². The molecule has 2 unspecified atom stereocenters. The normalized spacial score (nSPS) is 14.6. The lowest BCUT2D eigenvalue weighted by Gasteiger charge is -2.16. The minimum Gasteiger partial charge on any atom is -0.465 e. The maximum Gasteiger partial charge on any atom is 0.309 e. The van der Waals surface area contributed by atoms with E-state index in [9.17, 15) is 9.59 Å². The van der Waals surface area contributed by atoms with Crippen LogP contribution in [0.4, 0.5) is 0 Å². The summed E-state index contributed by atoms with van der Waals surface area (Å²) < 4.78 is 4.98. The van der Waals surface area contributed by atoms with Gasteiger partial charge >= 0.3 is 5.97 Å². The van der Waals surface area contributed by atoms with Crippen molar-refractivity contribution in [3.8, 4) is 0 Å². The Labute approximate surface area is 85.8 Å². The van der Waals surface area contributed by atoms with Crippen LogP contribution >= 0.6 is 0 Å². The Bertz CT molecular complexity index is 199. The first-order valence-corrected chi connectivity index (χ1v) is 5.23. The lowest BCUT2D eigenvalue weighted by molar-refractivity contribution is -0.151. The topological polar surface area (TPSA) is 43.4 Å². The van der Waals surface area contributed by atoms with Crippen molar-refractivity contribution in [1.82, 2.24) is 0 Å². The number of ether oxygens (including phenoxy) is 1. The van der Waals surface area contributed by atoms with Crippen molar-refractivity contribution in [3.05, 3.63) is 0 Å². The monoisotopic (exact) mass is 200 g/mol. The molecule has 0 aromatic rings. The third kappa shape index (κ3) is 3.90. The molecule has 3 heteroatoms. The van der Waals surface area contributed by atoms with E-state index in [1.54, 1.807) is 13.8 Å². The summed E-state index contributed by atoms with van der Waals surface area (Å²) in [5.74, 6) is -0.703. The zero-order valence-corrected chi connectivity index (χ0v) is 9.50. The SMILES string of the molecule is CCCOC(=O)C(C)C(C)C(=O)CC. The van der Waals surface area contributed by atoms with Crippen molar-refractivity contribution in [2.24, 2.45) is 11.8 Å². The first-order valence-electron chi connectivity index (χ1n) is 5.23. The van der Waals surface area contributed by atoms with Crippen LogP contribution in [0.1, 0.15) is 40.5 Å². The summed E-state index contributed by atoms with van der Waals surface area (Å²) in [7, 11) is 0. The lowest BCUT2D eigenvalue weighted by Crippen LogP contribution is -2.27. The summed E-state index contributed by atoms with van der Waals surface area (Å²) in [6, 6.07) is 0. The van der Waals surface area contributed by atoms with E-state index in [-0.39, 0.29) is 23.6 Å². The van der Waals surface area contributed by atoms with E-state index in [1.165, 1.54) is 0 Å². The lowest BCUT2D eigenvalue weighted by atomic mass is 9.91. The molecule has 14 heavy (non-hydrogen) atoms. The first-order chi connectivity index (χ1) is 6.54. The molecule has 0 aliphatic carbocycles. The van der Waals surface area contributed by atoms with Gasteiger partial charge in [-0.25, -0.2) is 0 Å². The Kier molecular flexibility index (Phi) is 6.17. The molecular formula is C11H20O3. The van der Waals surface area contributed by atoms with Crippen LogP contribution in [0, 0.1) is 11.8 Å². The summed E-state index contributed by atoms with van der Waals surface area (Å²) in [5, 5.41) is 0. The molecule has 0 rings (SSSR count). The highest BCUT2D eigenvalue weighted by molar-refractivity contribution is 5.86. The van der Waals surface area contributed by atoms with Crippen LogP contribution in [0.2, 0.25) is 0 Å². The Balaban J connectivity index is 4.10. The van der Waals surface area contributed by atoms with Gasteiger partial charge in [-0.15, -0.1) is 0 Å². The first kappa shape index (κ1) is 13.1. The molecule has 0 amide bonds. The fraction of sp³-hybridized carbons (Fsp3) is 0.818. The van der Waals surface area contributed by atoms with Crippen LogP contribution in [0.5, 0.6) is 0 Å². The molecule has 0 saturated heterocycles. The molecule has 2 atom stereocenters. The molecular weight excluding hydrogens is 180 g/mol. The number of hydrogen-bond donors (Lipinski definition) is 0. The molecule has 0 aliphatic heterocycles. The van der Waals surface area contributed by atoms with Crippen molar-refractivity contribution >= 4 is 11.8 Å². The molecule has 0 aromatic carbocycles. The summed E-state index contributed by atoms with van der Waals surface area (Å²) in [4.78, 5) is 22.7. The molecule has 0 saturated carbocycles. The van der Waals surface area contributed by atoms with E-state index in [1.807, 2.05) is 13.8 Å². The molecule has 0 fully saturated rings. The van der Waals surface area contributed by atoms with Gasteiger partial charge in [-0.1, -0.05) is 27.7 Å². The fourth-order valence-electron chi connectivity index (χ4n) is 1.14. The third-order valence-electron chi connectivity index (χ3n) is 2.43. The summed E-state index contributed by atoms with van der Waals surface area (Å²) in [5.41, 5.74) is 0. The second-order valence-corrected chi connectivity index (χ2v) is 3.56. The van der Waals surface area contributed by atoms with E-state index >= 15 is 0 Å². The molecule has 0 radical (unpaired) electrons. The quantitative estimate of drug-likeness (QED) is 0.617. The van der Waals surface area contributed by atoms with Gasteiger partial charge in [-0.2, -0.15) is 0 Å². The second kappa shape index (κ2) is 6.57. The Morgan fingerprint density at radius 2 is 1.71 bits per heavy atom. The molecule has 0 aliphatic rings. The van der Waals surface area contributed by atoms with E-state index in [0.29, 0.717) is 13.0 Å². The van der Waals surface area contributed by atoms with Crippen molar-refractivity contribution in [2.75, 3.05) is 6.61 Å². The number of esters is 1. The van der Waals surface area contributed by atoms with E-state index in [4.69, 9.17) is 4.74 Å². The van der Waals surface area contributed by atoms with Gasteiger partial charge in [-0.3, -0.25) is 9.59 Å². The number of rotatable bonds is 6. The summed E-state index contributed by atoms with van der Waals surface area (Å²) >= 11 is 0. The van der Waals surface area contributed by atoms with Gasteiger partial charge in [0, 0.05) is 12.3 Å². The molecule has 0 spiro atoms. The molecule has 3 nitrogen and oxygen atoms in total. The van der Waals surface area contributed by atoms with Crippen LogP contribution in [0.25, 0.3) is 0 Å². The van der Waals surface area contributed by atoms with Gasteiger partial charge in [0.1, 0.15) is 5.78 Å². The molecule has 0 aromatic heterocycles. The Morgan fingerprint density at radius 1 is 1.14 bits per heavy atom. The number of ketones is 1. The maximum atomic E-state index is 11.4. The number of carbonyl (C=O) groups is 2.